The lowest BCUT2D eigenvalue weighted by Gasteiger charge is -2.20. The molecule has 1 atom stereocenters. The molecule has 1 aromatic heterocycles. The molecule has 1 aliphatic heterocycles. The molecule has 3 rings (SSSR count). The smallest absolute Gasteiger partial charge is 0.178 e. The highest BCUT2D eigenvalue weighted by molar-refractivity contribution is 9.10. The van der Waals surface area contributed by atoms with Gasteiger partial charge in [-0.25, -0.2) is 4.39 Å². The molecule has 1 saturated heterocycles. The van der Waals surface area contributed by atoms with Crippen LogP contribution in [0.2, 0.25) is 0 Å². The Balaban J connectivity index is 1.89. The number of likely N-dealkylation sites (tertiary alicyclic amines) is 1. The van der Waals surface area contributed by atoms with Gasteiger partial charge in [-0.1, -0.05) is 0 Å². The molecule has 0 radical (unpaired) electrons. The van der Waals surface area contributed by atoms with Gasteiger partial charge in [0.05, 0.1) is 15.5 Å². The number of rotatable bonds is 3. The van der Waals surface area contributed by atoms with Gasteiger partial charge in [0.25, 0.3) is 0 Å². The molecule has 0 spiro atoms. The molecule has 0 bridgehead atoms. The van der Waals surface area contributed by atoms with Crippen molar-refractivity contribution in [2.24, 2.45) is 5.92 Å². The summed E-state index contributed by atoms with van der Waals surface area (Å²) in [4.78, 5) is 5.61. The molecule has 2 heterocycles. The number of hydrogen-bond donors (Lipinski definition) is 1. The van der Waals surface area contributed by atoms with Crippen LogP contribution < -0.4 is 0 Å². The lowest BCUT2D eigenvalue weighted by molar-refractivity contribution is 0.261. The summed E-state index contributed by atoms with van der Waals surface area (Å²) in [6.45, 7) is 7.62. The number of aromatic nitrogens is 2. The van der Waals surface area contributed by atoms with Crippen LogP contribution in [0.4, 0.5) is 4.39 Å². The van der Waals surface area contributed by atoms with E-state index in [1.165, 1.54) is 12.5 Å². The van der Waals surface area contributed by atoms with Crippen LogP contribution >= 0.6 is 28.1 Å². The van der Waals surface area contributed by atoms with Crippen molar-refractivity contribution < 1.29 is 4.39 Å². The summed E-state index contributed by atoms with van der Waals surface area (Å²) in [5.74, 6) is 0.333. The number of imidazole rings is 1. The van der Waals surface area contributed by atoms with Crippen LogP contribution in [-0.2, 0) is 6.54 Å². The predicted octanol–water partition coefficient (Wildman–Crippen LogP) is 4.33. The van der Waals surface area contributed by atoms with E-state index in [1.54, 1.807) is 0 Å². The molecule has 0 aliphatic carbocycles. The number of hydrogen-bond acceptors (Lipinski definition) is 2. The van der Waals surface area contributed by atoms with Crippen LogP contribution in [0, 0.1) is 16.5 Å². The summed E-state index contributed by atoms with van der Waals surface area (Å²) in [6.07, 6.45) is 1.19. The second kappa shape index (κ2) is 5.82. The molecule has 1 fully saturated rings. The van der Waals surface area contributed by atoms with Crippen molar-refractivity contribution in [3.05, 3.63) is 27.2 Å². The maximum atomic E-state index is 13.6. The van der Waals surface area contributed by atoms with E-state index in [9.17, 15) is 4.39 Å². The van der Waals surface area contributed by atoms with Gasteiger partial charge in [0, 0.05) is 25.2 Å². The van der Waals surface area contributed by atoms with E-state index in [0.29, 0.717) is 21.2 Å². The highest BCUT2D eigenvalue weighted by Gasteiger charge is 2.25. The first kappa shape index (κ1) is 15.2. The molecule has 0 amide bonds. The molecule has 1 unspecified atom stereocenters. The summed E-state index contributed by atoms with van der Waals surface area (Å²) < 4.78 is 16.9. The van der Waals surface area contributed by atoms with E-state index in [4.69, 9.17) is 12.2 Å². The number of aromatic amines is 1. The van der Waals surface area contributed by atoms with E-state index in [2.05, 4.69) is 44.2 Å². The first-order chi connectivity index (χ1) is 9.95. The Hall–Kier alpha value is -0.720. The highest BCUT2D eigenvalue weighted by atomic mass is 79.9. The van der Waals surface area contributed by atoms with Gasteiger partial charge in [0.15, 0.2) is 4.77 Å². The summed E-state index contributed by atoms with van der Waals surface area (Å²) >= 11 is 8.67. The average Bonchev–Trinajstić information content (AvgIpc) is 2.98. The molecule has 21 heavy (non-hydrogen) atoms. The minimum atomic E-state index is -0.266. The summed E-state index contributed by atoms with van der Waals surface area (Å²) in [5.41, 5.74) is 1.73. The van der Waals surface area contributed by atoms with Crippen molar-refractivity contribution in [1.29, 1.82) is 0 Å². The third-order valence-electron chi connectivity index (χ3n) is 4.30. The number of fused-ring (bicyclic) bond motifs is 1. The molecule has 6 heteroatoms. The molecule has 3 nitrogen and oxygen atoms in total. The third kappa shape index (κ3) is 2.94. The number of benzene rings is 1. The van der Waals surface area contributed by atoms with Crippen molar-refractivity contribution in [3.8, 4) is 0 Å². The van der Waals surface area contributed by atoms with E-state index in [0.717, 1.165) is 30.7 Å². The Labute approximate surface area is 137 Å². The number of H-pyrrole nitrogens is 1. The molecular formula is C15H19BrFN3S. The zero-order chi connectivity index (χ0) is 15.1. The van der Waals surface area contributed by atoms with Gasteiger partial charge in [-0.15, -0.1) is 0 Å². The van der Waals surface area contributed by atoms with E-state index in [1.807, 2.05) is 6.07 Å². The largest absolute Gasteiger partial charge is 0.330 e. The topological polar surface area (TPSA) is 24.0 Å². The van der Waals surface area contributed by atoms with Crippen LogP contribution in [0.25, 0.3) is 11.0 Å². The van der Waals surface area contributed by atoms with Crippen LogP contribution in [-0.4, -0.2) is 33.6 Å². The quantitative estimate of drug-likeness (QED) is 0.811. The Morgan fingerprint density at radius 1 is 1.48 bits per heavy atom. The van der Waals surface area contributed by atoms with Crippen LogP contribution in [0.3, 0.4) is 0 Å². The average molecular weight is 372 g/mol. The highest BCUT2D eigenvalue weighted by Crippen LogP contribution is 2.26. The molecule has 1 aliphatic rings. The van der Waals surface area contributed by atoms with Gasteiger partial charge in [0.1, 0.15) is 5.82 Å². The monoisotopic (exact) mass is 371 g/mol. The first-order valence-electron chi connectivity index (χ1n) is 7.27. The van der Waals surface area contributed by atoms with Crippen molar-refractivity contribution >= 4 is 39.2 Å². The molecule has 2 aromatic rings. The lowest BCUT2D eigenvalue weighted by Crippen LogP contribution is -2.28. The Morgan fingerprint density at radius 3 is 2.90 bits per heavy atom. The fraction of sp³-hybridized carbons (Fsp3) is 0.533. The summed E-state index contributed by atoms with van der Waals surface area (Å²) in [6, 6.07) is 3.90. The van der Waals surface area contributed by atoms with Gasteiger partial charge < -0.3 is 14.5 Å². The zero-order valence-electron chi connectivity index (χ0n) is 12.2. The van der Waals surface area contributed by atoms with E-state index >= 15 is 0 Å². The van der Waals surface area contributed by atoms with Gasteiger partial charge in [-0.2, -0.15) is 0 Å². The first-order valence-corrected chi connectivity index (χ1v) is 8.47. The standard InChI is InChI=1S/C15H19BrFN3S/c1-9(2)19-4-3-10(7-19)8-20-14-5-11(16)12(17)6-13(14)18-15(20)21/h5-6,9-10H,3-4,7-8H2,1-2H3,(H,18,21). The maximum absolute atomic E-state index is 13.6. The molecular weight excluding hydrogens is 353 g/mol. The summed E-state index contributed by atoms with van der Waals surface area (Å²) in [5, 5.41) is 0. The Kier molecular flexibility index (Phi) is 4.21. The van der Waals surface area contributed by atoms with Gasteiger partial charge in [0.2, 0.25) is 0 Å². The van der Waals surface area contributed by atoms with E-state index < -0.39 is 0 Å². The Bertz CT molecular complexity index is 722. The lowest BCUT2D eigenvalue weighted by atomic mass is 10.1. The maximum Gasteiger partial charge on any atom is 0.178 e. The number of halogens is 2. The predicted molar refractivity (Wildman–Crippen MR) is 89.6 cm³/mol. The minimum absolute atomic E-state index is 0.266. The second-order valence-electron chi connectivity index (χ2n) is 6.07. The fourth-order valence-electron chi connectivity index (χ4n) is 3.07. The van der Waals surface area contributed by atoms with Gasteiger partial charge >= 0.3 is 0 Å². The summed E-state index contributed by atoms with van der Waals surface area (Å²) in [7, 11) is 0. The molecule has 1 N–H and O–H groups in total. The fourth-order valence-corrected chi connectivity index (χ4v) is 3.69. The Morgan fingerprint density at radius 2 is 2.24 bits per heavy atom. The second-order valence-corrected chi connectivity index (χ2v) is 7.31. The zero-order valence-corrected chi connectivity index (χ0v) is 14.6. The van der Waals surface area contributed by atoms with Gasteiger partial charge in [-0.3, -0.25) is 0 Å². The van der Waals surface area contributed by atoms with Crippen LogP contribution in [0.5, 0.6) is 0 Å². The van der Waals surface area contributed by atoms with Crippen molar-refractivity contribution in [2.75, 3.05) is 13.1 Å². The van der Waals surface area contributed by atoms with Crippen molar-refractivity contribution in [2.45, 2.75) is 32.9 Å². The van der Waals surface area contributed by atoms with Gasteiger partial charge in [-0.05, 0) is 66.9 Å². The number of nitrogens with one attached hydrogen (secondary N) is 1. The number of nitrogens with zero attached hydrogens (tertiary/aromatic N) is 2. The van der Waals surface area contributed by atoms with Crippen molar-refractivity contribution in [3.63, 3.8) is 0 Å². The normalized spacial score (nSPS) is 20.0. The van der Waals surface area contributed by atoms with E-state index in [-0.39, 0.29) is 5.82 Å². The van der Waals surface area contributed by atoms with Crippen molar-refractivity contribution in [1.82, 2.24) is 14.5 Å². The minimum Gasteiger partial charge on any atom is -0.330 e. The molecule has 114 valence electrons. The molecule has 1 aromatic carbocycles. The van der Waals surface area contributed by atoms with Crippen LogP contribution in [0.1, 0.15) is 20.3 Å². The van der Waals surface area contributed by atoms with Crippen LogP contribution in [0.15, 0.2) is 16.6 Å². The SMILES string of the molecule is CC(C)N1CCC(Cn2c(=S)[nH]c3cc(F)c(Br)cc32)C1. The molecule has 0 saturated carbocycles. The third-order valence-corrected chi connectivity index (χ3v) is 5.23.